The van der Waals surface area contributed by atoms with Crippen LogP contribution < -0.4 is 4.74 Å². The summed E-state index contributed by atoms with van der Waals surface area (Å²) in [7, 11) is 0. The van der Waals surface area contributed by atoms with Crippen LogP contribution in [0.2, 0.25) is 0 Å². The van der Waals surface area contributed by atoms with Crippen molar-refractivity contribution in [2.24, 2.45) is 0 Å². The van der Waals surface area contributed by atoms with Gasteiger partial charge in [-0.3, -0.25) is 0 Å². The Kier molecular flexibility index (Phi) is 8.61. The highest BCUT2D eigenvalue weighted by molar-refractivity contribution is 6.33. The van der Waals surface area contributed by atoms with Gasteiger partial charge in [0, 0.05) is 10.6 Å². The fraction of sp³-hybridized carbons (Fsp3) is 0.100. The molecule has 4 aromatic rings. The Hall–Kier alpha value is -3.53. The molecule has 176 valence electrons. The highest BCUT2D eigenvalue weighted by Gasteiger charge is 2.03. The molecule has 0 saturated carbocycles. The van der Waals surface area contributed by atoms with Crippen molar-refractivity contribution in [3.8, 4) is 5.75 Å². The van der Waals surface area contributed by atoms with E-state index >= 15 is 0 Å². The topological polar surface area (TPSA) is 37.9 Å². The summed E-state index contributed by atoms with van der Waals surface area (Å²) in [5.41, 5.74) is 5.71. The zero-order chi connectivity index (χ0) is 24.5. The zero-order valence-electron chi connectivity index (χ0n) is 19.4. The van der Waals surface area contributed by atoms with Gasteiger partial charge in [0.05, 0.1) is 11.9 Å². The molecule has 5 heteroatoms. The Morgan fingerprint density at radius 2 is 1.77 bits per heavy atom. The second-order valence-electron chi connectivity index (χ2n) is 7.95. The predicted molar refractivity (Wildman–Crippen MR) is 149 cm³/mol. The molecular weight excluding hydrogens is 475 g/mol. The number of halogens is 2. The van der Waals surface area contributed by atoms with Crippen molar-refractivity contribution in [1.82, 2.24) is 9.97 Å². The molecule has 3 aromatic carbocycles. The molecule has 0 unspecified atom stereocenters. The van der Waals surface area contributed by atoms with Crippen molar-refractivity contribution in [2.75, 3.05) is 0 Å². The predicted octanol–water partition coefficient (Wildman–Crippen LogP) is 8.98. The van der Waals surface area contributed by atoms with Crippen molar-refractivity contribution in [3.63, 3.8) is 0 Å². The molecule has 1 heterocycles. The molecular formula is C30H26Cl2N2O. The maximum absolute atomic E-state index is 6.08. The summed E-state index contributed by atoms with van der Waals surface area (Å²) in [6.07, 6.45) is 12.2. The largest absolute Gasteiger partial charge is 0.489 e. The van der Waals surface area contributed by atoms with Crippen molar-refractivity contribution in [1.29, 1.82) is 0 Å². The fourth-order valence-corrected chi connectivity index (χ4v) is 3.96. The van der Waals surface area contributed by atoms with Crippen LogP contribution in [0.5, 0.6) is 5.75 Å². The minimum Gasteiger partial charge on any atom is -0.489 e. The molecule has 4 rings (SSSR count). The molecule has 1 N–H and O–H groups in total. The summed E-state index contributed by atoms with van der Waals surface area (Å²) in [6.45, 7) is 2.65. The molecule has 35 heavy (non-hydrogen) atoms. The summed E-state index contributed by atoms with van der Waals surface area (Å²) >= 11 is 11.7. The van der Waals surface area contributed by atoms with Crippen molar-refractivity contribution >= 4 is 51.7 Å². The molecule has 0 fully saturated rings. The van der Waals surface area contributed by atoms with Crippen LogP contribution >= 0.6 is 23.2 Å². The smallest absolute Gasteiger partial charge is 0.130 e. The number of allylic oxidation sites excluding steroid dienone is 5. The third kappa shape index (κ3) is 6.98. The Labute approximate surface area is 216 Å². The van der Waals surface area contributed by atoms with Crippen LogP contribution in [0.25, 0.3) is 28.5 Å². The number of hydrogen-bond acceptors (Lipinski definition) is 2. The number of hydrogen-bond donors (Lipinski definition) is 1. The summed E-state index contributed by atoms with van der Waals surface area (Å²) in [4.78, 5) is 7.86. The van der Waals surface area contributed by atoms with Gasteiger partial charge in [-0.2, -0.15) is 0 Å². The molecule has 0 bridgehead atoms. The monoisotopic (exact) mass is 500 g/mol. The minimum absolute atomic E-state index is 0.557. The average Bonchev–Trinajstić information content (AvgIpc) is 3.36. The Bertz CT molecular complexity index is 1400. The standard InChI is InChI=1S/C30H26Cl2N2O/c1-2-24(11-13-27(32)16-17-31)29-20-33-30(34-29)15-9-22-8-10-26-19-28(14-12-25(26)18-22)35-21-23-6-4-3-5-7-23/h3-20H,2,21H2,1H3,(H,33,34)/b15-9+,17-16+,24-11+,27-13+. The minimum atomic E-state index is 0.557. The van der Waals surface area contributed by atoms with E-state index in [0.29, 0.717) is 11.6 Å². The molecule has 1 aromatic heterocycles. The number of rotatable bonds is 9. The molecule has 0 spiro atoms. The molecule has 0 saturated heterocycles. The first-order valence-corrected chi connectivity index (χ1v) is 12.2. The van der Waals surface area contributed by atoms with E-state index < -0.39 is 0 Å². The summed E-state index contributed by atoms with van der Waals surface area (Å²) in [5, 5.41) is 2.86. The van der Waals surface area contributed by atoms with Crippen LogP contribution in [0.4, 0.5) is 0 Å². The lowest BCUT2D eigenvalue weighted by Gasteiger charge is -2.08. The first-order chi connectivity index (χ1) is 17.1. The van der Waals surface area contributed by atoms with Crippen LogP contribution in [0.1, 0.15) is 36.0 Å². The van der Waals surface area contributed by atoms with E-state index in [0.717, 1.165) is 51.2 Å². The maximum Gasteiger partial charge on any atom is 0.130 e. The summed E-state index contributed by atoms with van der Waals surface area (Å²) in [6, 6.07) is 22.7. The number of nitrogens with one attached hydrogen (secondary N) is 1. The summed E-state index contributed by atoms with van der Waals surface area (Å²) in [5.74, 6) is 1.65. The first-order valence-electron chi connectivity index (χ1n) is 11.4. The molecule has 3 nitrogen and oxygen atoms in total. The average molecular weight is 501 g/mol. The number of aromatic amines is 1. The normalized spacial score (nSPS) is 12.8. The number of benzene rings is 3. The Morgan fingerprint density at radius 1 is 0.971 bits per heavy atom. The van der Waals surface area contributed by atoms with E-state index in [9.17, 15) is 0 Å². The van der Waals surface area contributed by atoms with Crippen LogP contribution in [-0.2, 0) is 6.61 Å². The molecule has 0 aliphatic carbocycles. The van der Waals surface area contributed by atoms with Gasteiger partial charge in [-0.05, 0) is 70.3 Å². The van der Waals surface area contributed by atoms with Gasteiger partial charge in [0.15, 0.2) is 0 Å². The fourth-order valence-electron chi connectivity index (χ4n) is 3.63. The van der Waals surface area contributed by atoms with E-state index in [-0.39, 0.29) is 0 Å². The van der Waals surface area contributed by atoms with Crippen LogP contribution in [0.3, 0.4) is 0 Å². The molecule has 0 aliphatic heterocycles. The van der Waals surface area contributed by atoms with E-state index in [1.165, 1.54) is 5.54 Å². The van der Waals surface area contributed by atoms with E-state index in [1.54, 1.807) is 6.08 Å². The molecule has 0 atom stereocenters. The first kappa shape index (κ1) is 24.6. The number of aromatic nitrogens is 2. The second kappa shape index (κ2) is 12.3. The van der Waals surface area contributed by atoms with Gasteiger partial charge in [-0.25, -0.2) is 4.98 Å². The van der Waals surface area contributed by atoms with Crippen molar-refractivity contribution < 1.29 is 4.74 Å². The summed E-state index contributed by atoms with van der Waals surface area (Å²) < 4.78 is 5.96. The highest BCUT2D eigenvalue weighted by atomic mass is 35.5. The lowest BCUT2D eigenvalue weighted by atomic mass is 10.1. The van der Waals surface area contributed by atoms with Gasteiger partial charge < -0.3 is 9.72 Å². The van der Waals surface area contributed by atoms with Gasteiger partial charge in [-0.1, -0.05) is 90.8 Å². The zero-order valence-corrected chi connectivity index (χ0v) is 20.9. The highest BCUT2D eigenvalue weighted by Crippen LogP contribution is 2.24. The SMILES string of the molecule is CC\C(=C/C=C(Cl)\C=C\Cl)c1cnc(/C=C/c2ccc3cc(OCc4ccccc4)ccc3c2)[nH]1. The molecule has 0 amide bonds. The van der Waals surface area contributed by atoms with Gasteiger partial charge in [0.2, 0.25) is 0 Å². The van der Waals surface area contributed by atoms with E-state index in [2.05, 4.69) is 65.4 Å². The van der Waals surface area contributed by atoms with E-state index in [1.807, 2.05) is 48.7 Å². The number of H-pyrrole nitrogens is 1. The lowest BCUT2D eigenvalue weighted by molar-refractivity contribution is 0.306. The lowest BCUT2D eigenvalue weighted by Crippen LogP contribution is -1.94. The van der Waals surface area contributed by atoms with Crippen molar-refractivity contribution in [3.05, 3.63) is 124 Å². The van der Waals surface area contributed by atoms with Crippen molar-refractivity contribution in [2.45, 2.75) is 20.0 Å². The number of fused-ring (bicyclic) bond motifs is 1. The van der Waals surface area contributed by atoms with Crippen LogP contribution in [-0.4, -0.2) is 9.97 Å². The van der Waals surface area contributed by atoms with Gasteiger partial charge in [-0.15, -0.1) is 0 Å². The third-order valence-corrected chi connectivity index (χ3v) is 5.88. The Balaban J connectivity index is 1.44. The Morgan fingerprint density at radius 3 is 2.57 bits per heavy atom. The number of ether oxygens (including phenoxy) is 1. The molecule has 0 aliphatic rings. The van der Waals surface area contributed by atoms with Gasteiger partial charge in [0.1, 0.15) is 18.2 Å². The van der Waals surface area contributed by atoms with E-state index in [4.69, 9.17) is 27.9 Å². The molecule has 0 radical (unpaired) electrons. The number of nitrogens with zero attached hydrogens (tertiary/aromatic N) is 1. The quantitative estimate of drug-likeness (QED) is 0.233. The van der Waals surface area contributed by atoms with Crippen LogP contribution in [0, 0.1) is 0 Å². The van der Waals surface area contributed by atoms with Gasteiger partial charge in [0.25, 0.3) is 0 Å². The van der Waals surface area contributed by atoms with Crippen LogP contribution in [0.15, 0.2) is 102 Å². The number of imidazole rings is 1. The maximum atomic E-state index is 6.08. The van der Waals surface area contributed by atoms with Gasteiger partial charge >= 0.3 is 0 Å². The third-order valence-electron chi connectivity index (χ3n) is 5.51. The second-order valence-corrected chi connectivity index (χ2v) is 8.64.